The summed E-state index contributed by atoms with van der Waals surface area (Å²) in [5.41, 5.74) is 15.0. The number of pyridine rings is 4. The molecule has 4 radical (unpaired) electrons. The van der Waals surface area contributed by atoms with Crippen LogP contribution in [0.5, 0.6) is 0 Å². The molecule has 0 amide bonds. The van der Waals surface area contributed by atoms with Crippen LogP contribution in [-0.2, 0) is 80.4 Å². The predicted molar refractivity (Wildman–Crippen MR) is 395 cm³/mol. The quantitative estimate of drug-likeness (QED) is 0.109. The fourth-order valence-electron chi connectivity index (χ4n) is 11.6. The van der Waals surface area contributed by atoms with Gasteiger partial charge in [-0.1, -0.05) is 176 Å². The molecule has 8 nitrogen and oxygen atoms in total. The first-order valence-electron chi connectivity index (χ1n) is 31.3. The number of furan rings is 4. The Morgan fingerprint density at radius 2 is 0.708 bits per heavy atom. The zero-order valence-electron chi connectivity index (χ0n) is 55.5. The van der Waals surface area contributed by atoms with Gasteiger partial charge in [-0.3, -0.25) is 0 Å². The first kappa shape index (κ1) is 73.3. The standard InChI is InChI=1S/4C20H18NOSi.4Ir/c1-23(2,3)20-11-7-5-9-15(20)17-12-16-14-8-4-6-10-18(14)22-19(16)13-21-17;2*1-23(2,3)15-8-6-7-14(11-15)18-12-17-16-9-4-5-10-19(16)22-20(17)13-21-18;1-23(2,3)15-10-8-14(9-11-15)18-12-17-16-6-4-5-7-19(16)22-20(17)13-21-18;;;;/h4-8,10-13H,1-3H3;4-6,8-13H,1-3H3;4-10,12-13H,1-3H3;4-8,10-13H,1-3H3;;;;/q4*-1;;;;. The topological polar surface area (TPSA) is 104 Å². The maximum absolute atomic E-state index is 5.88. The van der Waals surface area contributed by atoms with Gasteiger partial charge in [-0.2, -0.15) is 0 Å². The Balaban J connectivity index is 0.000000148. The summed E-state index contributed by atoms with van der Waals surface area (Å²) in [6, 6.07) is 80.2. The summed E-state index contributed by atoms with van der Waals surface area (Å²) in [4.78, 5) is 18.4. The molecule has 0 aliphatic heterocycles. The van der Waals surface area contributed by atoms with Crippen molar-refractivity contribution >= 4 is 141 Å². The number of nitrogens with zero attached hydrogens (tertiary/aromatic N) is 4. The van der Waals surface area contributed by atoms with Crippen molar-refractivity contribution in [2.24, 2.45) is 0 Å². The van der Waals surface area contributed by atoms with Crippen molar-refractivity contribution in [3.8, 4) is 45.0 Å². The summed E-state index contributed by atoms with van der Waals surface area (Å²) >= 11 is 0. The van der Waals surface area contributed by atoms with Crippen molar-refractivity contribution in [2.75, 3.05) is 0 Å². The fourth-order valence-corrected chi connectivity index (χ4v) is 16.5. The molecule has 492 valence electrons. The van der Waals surface area contributed by atoms with E-state index in [0.29, 0.717) is 0 Å². The Morgan fingerprint density at radius 3 is 1.12 bits per heavy atom. The van der Waals surface area contributed by atoms with Crippen LogP contribution in [0.2, 0.25) is 78.6 Å². The summed E-state index contributed by atoms with van der Waals surface area (Å²) in [5, 5.41) is 14.5. The minimum atomic E-state index is -1.46. The average Bonchev–Trinajstić information content (AvgIpc) is 1.28. The second-order valence-electron chi connectivity index (χ2n) is 27.6. The minimum absolute atomic E-state index is 0. The zero-order valence-corrected chi connectivity index (χ0v) is 69.1. The van der Waals surface area contributed by atoms with Crippen LogP contribution in [-0.4, -0.2) is 52.2 Å². The third kappa shape index (κ3) is 15.8. The van der Waals surface area contributed by atoms with E-state index in [9.17, 15) is 0 Å². The maximum atomic E-state index is 5.88. The Morgan fingerprint density at radius 1 is 0.292 bits per heavy atom. The zero-order chi connectivity index (χ0) is 64.1. The second kappa shape index (κ2) is 30.0. The molecule has 16 aromatic rings. The van der Waals surface area contributed by atoms with E-state index in [-0.39, 0.29) is 80.4 Å². The number of aromatic nitrogens is 4. The molecule has 0 bridgehead atoms. The summed E-state index contributed by atoms with van der Waals surface area (Å²) in [6.07, 6.45) is 7.28. The molecule has 0 fully saturated rings. The van der Waals surface area contributed by atoms with Gasteiger partial charge in [0.05, 0.1) is 40.9 Å². The molecule has 8 aromatic heterocycles. The van der Waals surface area contributed by atoms with Gasteiger partial charge in [-0.05, 0) is 47.0 Å². The molecule has 0 aliphatic rings. The van der Waals surface area contributed by atoms with Crippen LogP contribution in [0.4, 0.5) is 0 Å². The largest absolute Gasteiger partial charge is 0.455 e. The molecular weight excluding hydrogens is 1960 g/mol. The van der Waals surface area contributed by atoms with Crippen molar-refractivity contribution < 1.29 is 98.1 Å². The van der Waals surface area contributed by atoms with Crippen LogP contribution < -0.4 is 20.7 Å². The Bertz CT molecular complexity index is 5220. The Labute approximate surface area is 619 Å². The van der Waals surface area contributed by atoms with E-state index in [1.165, 1.54) is 20.7 Å². The number of hydrogen-bond acceptors (Lipinski definition) is 8. The number of hydrogen-bond donors (Lipinski definition) is 0. The van der Waals surface area contributed by atoms with Crippen LogP contribution in [0.15, 0.2) is 237 Å². The van der Waals surface area contributed by atoms with E-state index >= 15 is 0 Å². The van der Waals surface area contributed by atoms with Gasteiger partial charge < -0.3 is 37.6 Å². The van der Waals surface area contributed by atoms with Crippen molar-refractivity contribution in [1.29, 1.82) is 0 Å². The van der Waals surface area contributed by atoms with Gasteiger partial charge in [-0.15, -0.1) is 140 Å². The molecule has 0 saturated carbocycles. The first-order chi connectivity index (χ1) is 44.1. The van der Waals surface area contributed by atoms with E-state index < -0.39 is 32.3 Å². The van der Waals surface area contributed by atoms with Crippen molar-refractivity contribution in [3.63, 3.8) is 0 Å². The molecule has 16 rings (SSSR count). The van der Waals surface area contributed by atoms with E-state index in [2.05, 4.69) is 232 Å². The molecule has 0 unspecified atom stereocenters. The van der Waals surface area contributed by atoms with Crippen LogP contribution >= 0.6 is 0 Å². The van der Waals surface area contributed by atoms with E-state index in [4.69, 9.17) is 17.7 Å². The van der Waals surface area contributed by atoms with E-state index in [1.807, 2.05) is 110 Å². The van der Waals surface area contributed by atoms with Gasteiger partial charge in [0.1, 0.15) is 22.3 Å². The van der Waals surface area contributed by atoms with Gasteiger partial charge in [0.25, 0.3) is 0 Å². The molecule has 0 N–H and O–H groups in total. The van der Waals surface area contributed by atoms with Crippen LogP contribution in [0.1, 0.15) is 0 Å². The van der Waals surface area contributed by atoms with Crippen LogP contribution in [0.3, 0.4) is 0 Å². The Kier molecular flexibility index (Phi) is 22.9. The monoisotopic (exact) mass is 2040 g/mol. The van der Waals surface area contributed by atoms with E-state index in [1.54, 1.807) is 0 Å². The van der Waals surface area contributed by atoms with Gasteiger partial charge in [0, 0.05) is 140 Å². The molecule has 8 heterocycles. The molecular formula is C80H72Ir4N4O4Si4-4. The summed E-state index contributed by atoms with van der Waals surface area (Å²) in [7, 11) is -5.49. The van der Waals surface area contributed by atoms with E-state index in [0.717, 1.165) is 133 Å². The predicted octanol–water partition coefficient (Wildman–Crippen LogP) is 20.0. The summed E-state index contributed by atoms with van der Waals surface area (Å²) in [5.74, 6) is 0. The van der Waals surface area contributed by atoms with Gasteiger partial charge >= 0.3 is 0 Å². The Hall–Kier alpha value is -6.98. The SMILES string of the molecule is C[Si](C)(C)c1[c-]c(-c2cc3c(cn2)oc2ccccc23)ccc1.C[Si](C)(C)c1c[c-]c(-c2cc3c(cn2)oc2ccccc23)cc1.C[Si](C)(C)c1cc[c-]c(-c2cc3c(cn2)oc2ccccc23)c1.C[Si](C)(C)c1ccc[c-]c1-c1cc2c(cn1)oc1ccccc12.[Ir].[Ir].[Ir].[Ir]. The number of benzene rings is 8. The molecule has 0 atom stereocenters. The molecule has 0 saturated heterocycles. The third-order valence-electron chi connectivity index (χ3n) is 16.8. The normalized spacial score (nSPS) is 11.6. The van der Waals surface area contributed by atoms with Gasteiger partial charge in [0.15, 0.2) is 22.3 Å². The average molecular weight is 2030 g/mol. The fraction of sp³-hybridized carbons (Fsp3) is 0.150. The van der Waals surface area contributed by atoms with Crippen molar-refractivity contribution in [3.05, 3.63) is 243 Å². The van der Waals surface area contributed by atoms with Crippen LogP contribution in [0.25, 0.3) is 133 Å². The number of fused-ring (bicyclic) bond motifs is 12. The molecule has 16 heteroatoms. The molecule has 0 aliphatic carbocycles. The van der Waals surface area contributed by atoms with Gasteiger partial charge in [-0.25, -0.2) is 0 Å². The summed E-state index contributed by atoms with van der Waals surface area (Å²) < 4.78 is 23.4. The summed E-state index contributed by atoms with van der Waals surface area (Å²) in [6.45, 7) is 28.2. The van der Waals surface area contributed by atoms with Crippen molar-refractivity contribution in [1.82, 2.24) is 19.9 Å². The first-order valence-corrected chi connectivity index (χ1v) is 45.3. The number of rotatable bonds is 8. The molecule has 96 heavy (non-hydrogen) atoms. The minimum Gasteiger partial charge on any atom is -0.455 e. The van der Waals surface area contributed by atoms with Crippen molar-refractivity contribution in [2.45, 2.75) is 78.6 Å². The third-order valence-corrected chi connectivity index (χ3v) is 24.8. The van der Waals surface area contributed by atoms with Gasteiger partial charge in [0.2, 0.25) is 0 Å². The van der Waals surface area contributed by atoms with Crippen LogP contribution in [0, 0.1) is 24.3 Å². The smallest absolute Gasteiger partial charge is 0.151 e. The molecule has 0 spiro atoms. The molecule has 8 aromatic carbocycles. The number of para-hydroxylation sites is 4. The second-order valence-corrected chi connectivity index (χ2v) is 47.8. The maximum Gasteiger partial charge on any atom is 0.151 e.